The summed E-state index contributed by atoms with van der Waals surface area (Å²) < 4.78 is 0. The van der Waals surface area contributed by atoms with Crippen molar-refractivity contribution in [3.8, 4) is 0 Å². The fraction of sp³-hybridized carbons (Fsp3) is 0.500. The molecule has 0 spiro atoms. The van der Waals surface area contributed by atoms with Gasteiger partial charge >= 0.3 is 5.97 Å². The van der Waals surface area contributed by atoms with Crippen molar-refractivity contribution in [3.63, 3.8) is 0 Å². The first kappa shape index (κ1) is 9.88. The number of rotatable bonds is 2. The molecule has 2 heteroatoms. The van der Waals surface area contributed by atoms with E-state index in [0.717, 1.165) is 6.42 Å². The van der Waals surface area contributed by atoms with Gasteiger partial charge in [0.2, 0.25) is 0 Å². The highest BCUT2D eigenvalue weighted by Gasteiger charge is 2.59. The van der Waals surface area contributed by atoms with Crippen LogP contribution in [0.1, 0.15) is 42.4 Å². The van der Waals surface area contributed by atoms with Crippen LogP contribution in [0.2, 0.25) is 0 Å². The third-order valence-electron chi connectivity index (χ3n) is 4.10. The molecule has 0 heterocycles. The molecule has 1 aromatic carbocycles. The average molecular weight is 216 g/mol. The van der Waals surface area contributed by atoms with Crippen LogP contribution < -0.4 is 0 Å². The van der Waals surface area contributed by atoms with Gasteiger partial charge in [-0.1, -0.05) is 32.0 Å². The molecular formula is C14H16O2. The Hall–Kier alpha value is -1.31. The summed E-state index contributed by atoms with van der Waals surface area (Å²) in [6, 6.07) is 6.58. The van der Waals surface area contributed by atoms with Crippen molar-refractivity contribution in [2.75, 3.05) is 0 Å². The highest BCUT2D eigenvalue weighted by atomic mass is 16.4. The minimum absolute atomic E-state index is 0.0996. The van der Waals surface area contributed by atoms with Crippen LogP contribution in [0, 0.1) is 11.8 Å². The van der Waals surface area contributed by atoms with Crippen LogP contribution in [-0.2, 0) is 11.2 Å². The molecule has 3 rings (SSSR count). The van der Waals surface area contributed by atoms with Crippen LogP contribution in [0.15, 0.2) is 18.2 Å². The SMILES string of the molecule is CC(C)c1ccc2c(c1)CC1C(C(=O)O)C21. The number of carboxylic acids is 1. The number of benzene rings is 1. The van der Waals surface area contributed by atoms with E-state index in [1.54, 1.807) is 0 Å². The number of fused-ring (bicyclic) bond motifs is 3. The van der Waals surface area contributed by atoms with Crippen molar-refractivity contribution in [1.29, 1.82) is 0 Å². The van der Waals surface area contributed by atoms with Gasteiger partial charge in [0, 0.05) is 5.92 Å². The summed E-state index contributed by atoms with van der Waals surface area (Å²) in [6.07, 6.45) is 0.970. The molecule has 0 bridgehead atoms. The minimum Gasteiger partial charge on any atom is -0.481 e. The lowest BCUT2D eigenvalue weighted by Gasteiger charge is -2.10. The Bertz CT molecular complexity index is 462. The van der Waals surface area contributed by atoms with E-state index in [1.165, 1.54) is 16.7 Å². The van der Waals surface area contributed by atoms with E-state index in [9.17, 15) is 4.79 Å². The van der Waals surface area contributed by atoms with E-state index in [1.807, 2.05) is 0 Å². The predicted octanol–water partition coefficient (Wildman–Crippen LogP) is 2.78. The second-order valence-corrected chi connectivity index (χ2v) is 5.37. The molecule has 0 radical (unpaired) electrons. The van der Waals surface area contributed by atoms with Crippen LogP contribution in [-0.4, -0.2) is 11.1 Å². The van der Waals surface area contributed by atoms with Crippen molar-refractivity contribution < 1.29 is 9.90 Å². The third kappa shape index (κ3) is 1.22. The molecule has 1 fully saturated rings. The molecule has 2 aliphatic carbocycles. The molecule has 2 nitrogen and oxygen atoms in total. The van der Waals surface area contributed by atoms with Gasteiger partial charge in [0.25, 0.3) is 0 Å². The quantitative estimate of drug-likeness (QED) is 0.825. The van der Waals surface area contributed by atoms with E-state index in [4.69, 9.17) is 5.11 Å². The van der Waals surface area contributed by atoms with Crippen LogP contribution in [0.4, 0.5) is 0 Å². The normalized spacial score (nSPS) is 30.1. The smallest absolute Gasteiger partial charge is 0.307 e. The van der Waals surface area contributed by atoms with Gasteiger partial charge in [-0.15, -0.1) is 0 Å². The highest BCUT2D eigenvalue weighted by molar-refractivity contribution is 5.77. The molecule has 1 aromatic rings. The fourth-order valence-electron chi connectivity index (χ4n) is 3.13. The predicted molar refractivity (Wildman–Crippen MR) is 61.6 cm³/mol. The summed E-state index contributed by atoms with van der Waals surface area (Å²) in [4.78, 5) is 11.0. The van der Waals surface area contributed by atoms with Gasteiger partial charge in [-0.05, 0) is 34.9 Å². The Balaban J connectivity index is 1.92. The average Bonchev–Trinajstić information content (AvgIpc) is 2.82. The number of carbonyl (C=O) groups is 1. The maximum Gasteiger partial charge on any atom is 0.307 e. The number of aliphatic carboxylic acids is 1. The third-order valence-corrected chi connectivity index (χ3v) is 4.10. The Morgan fingerprint density at radius 2 is 2.19 bits per heavy atom. The van der Waals surface area contributed by atoms with Crippen LogP contribution in [0.5, 0.6) is 0 Å². The van der Waals surface area contributed by atoms with Crippen molar-refractivity contribution in [3.05, 3.63) is 34.9 Å². The van der Waals surface area contributed by atoms with Crippen molar-refractivity contribution in [2.45, 2.75) is 32.1 Å². The van der Waals surface area contributed by atoms with Gasteiger partial charge in [0.05, 0.1) is 5.92 Å². The zero-order chi connectivity index (χ0) is 11.4. The zero-order valence-corrected chi connectivity index (χ0v) is 9.60. The molecule has 2 aliphatic rings. The summed E-state index contributed by atoms with van der Waals surface area (Å²) in [5.74, 6) is 0.534. The molecule has 3 unspecified atom stereocenters. The van der Waals surface area contributed by atoms with E-state index in [0.29, 0.717) is 17.8 Å². The van der Waals surface area contributed by atoms with Gasteiger partial charge in [-0.25, -0.2) is 0 Å². The van der Waals surface area contributed by atoms with Crippen molar-refractivity contribution in [2.24, 2.45) is 11.8 Å². The summed E-state index contributed by atoms with van der Waals surface area (Å²) >= 11 is 0. The van der Waals surface area contributed by atoms with Gasteiger partial charge in [-0.2, -0.15) is 0 Å². The molecule has 0 saturated heterocycles. The summed E-state index contributed by atoms with van der Waals surface area (Å²) in [7, 11) is 0. The Morgan fingerprint density at radius 3 is 2.81 bits per heavy atom. The topological polar surface area (TPSA) is 37.3 Å². The maximum atomic E-state index is 11.0. The lowest BCUT2D eigenvalue weighted by Crippen LogP contribution is -2.05. The molecule has 0 aliphatic heterocycles. The fourth-order valence-corrected chi connectivity index (χ4v) is 3.13. The standard InChI is InChI=1S/C14H16O2/c1-7(2)8-3-4-10-9(5-8)6-11-12(10)13(11)14(15)16/h3-5,7,11-13H,6H2,1-2H3,(H,15,16). The first-order valence-electron chi connectivity index (χ1n) is 5.95. The first-order valence-corrected chi connectivity index (χ1v) is 5.95. The van der Waals surface area contributed by atoms with Gasteiger partial charge in [0.15, 0.2) is 0 Å². The molecular weight excluding hydrogens is 200 g/mol. The molecule has 1 N–H and O–H groups in total. The lowest BCUT2D eigenvalue weighted by molar-refractivity contribution is -0.139. The molecule has 84 valence electrons. The molecule has 3 atom stereocenters. The Kier molecular flexibility index (Phi) is 1.91. The monoisotopic (exact) mass is 216 g/mol. The highest BCUT2D eigenvalue weighted by Crippen LogP contribution is 2.61. The largest absolute Gasteiger partial charge is 0.481 e. The Morgan fingerprint density at radius 1 is 1.44 bits per heavy atom. The minimum atomic E-state index is -0.617. The second kappa shape index (κ2) is 3.09. The Labute approximate surface area is 95.3 Å². The lowest BCUT2D eigenvalue weighted by atomic mass is 9.95. The van der Waals surface area contributed by atoms with Gasteiger partial charge in [-0.3, -0.25) is 4.79 Å². The summed E-state index contributed by atoms with van der Waals surface area (Å²) in [5, 5.41) is 9.03. The molecule has 0 amide bonds. The van der Waals surface area contributed by atoms with Crippen molar-refractivity contribution >= 4 is 5.97 Å². The second-order valence-electron chi connectivity index (χ2n) is 5.37. The van der Waals surface area contributed by atoms with E-state index in [2.05, 4.69) is 32.0 Å². The maximum absolute atomic E-state index is 11.0. The summed E-state index contributed by atoms with van der Waals surface area (Å²) in [5.41, 5.74) is 4.05. The first-order chi connectivity index (χ1) is 7.59. The molecule has 1 saturated carbocycles. The van der Waals surface area contributed by atoms with Gasteiger partial charge in [0.1, 0.15) is 0 Å². The van der Waals surface area contributed by atoms with Crippen LogP contribution in [0.3, 0.4) is 0 Å². The van der Waals surface area contributed by atoms with E-state index < -0.39 is 5.97 Å². The van der Waals surface area contributed by atoms with Crippen molar-refractivity contribution in [1.82, 2.24) is 0 Å². The number of hydrogen-bond acceptors (Lipinski definition) is 1. The number of carboxylic acid groups (broad SMARTS) is 1. The molecule has 16 heavy (non-hydrogen) atoms. The van der Waals surface area contributed by atoms with Gasteiger partial charge < -0.3 is 5.11 Å². The number of hydrogen-bond donors (Lipinski definition) is 1. The van der Waals surface area contributed by atoms with Crippen LogP contribution >= 0.6 is 0 Å². The zero-order valence-electron chi connectivity index (χ0n) is 9.60. The van der Waals surface area contributed by atoms with E-state index >= 15 is 0 Å². The van der Waals surface area contributed by atoms with Crippen LogP contribution in [0.25, 0.3) is 0 Å². The summed E-state index contributed by atoms with van der Waals surface area (Å²) in [6.45, 7) is 4.38. The van der Waals surface area contributed by atoms with E-state index in [-0.39, 0.29) is 5.92 Å². The molecule has 0 aromatic heterocycles.